The molecule has 3 heterocycles. The van der Waals surface area contributed by atoms with E-state index in [4.69, 9.17) is 8.85 Å². The molecule has 128 valence electrons. The molecule has 2 N–H and O–H groups in total. The number of fused-ring (bicyclic) bond motifs is 1. The average Bonchev–Trinajstić information content (AvgIpc) is 2.97. The Labute approximate surface area is 148 Å². The number of rotatable bonds is 3. The third-order valence-corrected chi connectivity index (χ3v) is 4.03. The van der Waals surface area contributed by atoms with Gasteiger partial charge >= 0.3 is 6.09 Å². The van der Waals surface area contributed by atoms with Gasteiger partial charge in [0.1, 0.15) is 17.1 Å². The van der Waals surface area contributed by atoms with Crippen LogP contribution in [0, 0.1) is 0 Å². The monoisotopic (exact) mass is 341 g/mol. The van der Waals surface area contributed by atoms with Gasteiger partial charge in [-0.25, -0.2) is 14.3 Å². The molecular formula is C18H18N4O3. The Bertz CT molecular complexity index is 1060. The SMILES string of the molecule is [2H]c1ccc(Oc2ccnc(N3CCNCC3)c2)c2c1c([2H])c([2H])n2C(=O)O. The molecule has 7 nitrogen and oxygen atoms in total. The van der Waals surface area contributed by atoms with E-state index in [0.29, 0.717) is 10.3 Å². The highest BCUT2D eigenvalue weighted by atomic mass is 16.5. The Balaban J connectivity index is 1.77. The normalized spacial score (nSPS) is 16.3. The van der Waals surface area contributed by atoms with Gasteiger partial charge < -0.3 is 20.1 Å². The minimum atomic E-state index is -1.40. The molecule has 1 aliphatic heterocycles. The number of pyridine rings is 1. The predicted molar refractivity (Wildman–Crippen MR) is 94.8 cm³/mol. The van der Waals surface area contributed by atoms with Crippen molar-refractivity contribution in [3.63, 3.8) is 0 Å². The van der Waals surface area contributed by atoms with E-state index in [2.05, 4.69) is 15.2 Å². The molecule has 2 aromatic heterocycles. The van der Waals surface area contributed by atoms with Crippen LogP contribution >= 0.6 is 0 Å². The van der Waals surface area contributed by atoms with Crippen molar-refractivity contribution in [2.24, 2.45) is 0 Å². The Morgan fingerprint density at radius 3 is 2.96 bits per heavy atom. The molecule has 1 aliphatic rings. The first-order valence-corrected chi connectivity index (χ1v) is 7.91. The molecule has 0 amide bonds. The maximum Gasteiger partial charge on any atom is 0.416 e. The summed E-state index contributed by atoms with van der Waals surface area (Å²) in [6.45, 7) is 3.37. The number of anilines is 1. The van der Waals surface area contributed by atoms with Gasteiger partial charge in [-0.2, -0.15) is 0 Å². The van der Waals surface area contributed by atoms with E-state index in [1.807, 2.05) is 0 Å². The van der Waals surface area contributed by atoms with Crippen LogP contribution in [-0.4, -0.2) is 46.9 Å². The minimum Gasteiger partial charge on any atom is -0.464 e. The summed E-state index contributed by atoms with van der Waals surface area (Å²) < 4.78 is 30.5. The second-order valence-electron chi connectivity index (χ2n) is 5.61. The van der Waals surface area contributed by atoms with Crippen molar-refractivity contribution in [3.05, 3.63) is 48.7 Å². The fourth-order valence-corrected chi connectivity index (χ4v) is 2.84. The quantitative estimate of drug-likeness (QED) is 0.762. The summed E-state index contributed by atoms with van der Waals surface area (Å²) in [6, 6.07) is 5.99. The summed E-state index contributed by atoms with van der Waals surface area (Å²) >= 11 is 0. The van der Waals surface area contributed by atoms with E-state index in [-0.39, 0.29) is 28.7 Å². The Morgan fingerprint density at radius 1 is 1.32 bits per heavy atom. The fourth-order valence-electron chi connectivity index (χ4n) is 2.84. The number of hydrogen-bond donors (Lipinski definition) is 2. The van der Waals surface area contributed by atoms with Crippen molar-refractivity contribution in [2.45, 2.75) is 0 Å². The van der Waals surface area contributed by atoms with Gasteiger partial charge in [0, 0.05) is 50.0 Å². The second kappa shape index (κ2) is 6.45. The lowest BCUT2D eigenvalue weighted by Gasteiger charge is -2.28. The largest absolute Gasteiger partial charge is 0.464 e. The average molecular weight is 341 g/mol. The van der Waals surface area contributed by atoms with Crippen LogP contribution < -0.4 is 15.0 Å². The number of ether oxygens (including phenoxy) is 1. The topological polar surface area (TPSA) is 79.6 Å². The van der Waals surface area contributed by atoms with Gasteiger partial charge in [-0.05, 0) is 18.2 Å². The molecule has 1 aromatic carbocycles. The fraction of sp³-hybridized carbons (Fsp3) is 0.222. The molecule has 3 aromatic rings. The number of nitrogens with zero attached hydrogens (tertiary/aromatic N) is 3. The van der Waals surface area contributed by atoms with E-state index >= 15 is 0 Å². The maximum absolute atomic E-state index is 11.6. The lowest BCUT2D eigenvalue weighted by molar-refractivity contribution is 0.197. The van der Waals surface area contributed by atoms with Crippen molar-refractivity contribution in [2.75, 3.05) is 31.1 Å². The third-order valence-electron chi connectivity index (χ3n) is 4.03. The summed E-state index contributed by atoms with van der Waals surface area (Å²) in [6.07, 6.45) is -0.284. The molecule has 0 radical (unpaired) electrons. The Morgan fingerprint density at radius 2 is 2.16 bits per heavy atom. The van der Waals surface area contributed by atoms with Crippen molar-refractivity contribution in [3.8, 4) is 11.5 Å². The van der Waals surface area contributed by atoms with Gasteiger partial charge in [0.2, 0.25) is 0 Å². The lowest BCUT2D eigenvalue weighted by atomic mass is 10.2. The number of nitrogens with one attached hydrogen (secondary N) is 1. The summed E-state index contributed by atoms with van der Waals surface area (Å²) in [7, 11) is 0. The molecule has 1 fully saturated rings. The Kier molecular flexibility index (Phi) is 3.18. The van der Waals surface area contributed by atoms with Gasteiger partial charge in [0.25, 0.3) is 0 Å². The number of aromatic nitrogens is 2. The molecule has 0 bridgehead atoms. The number of piperazine rings is 1. The maximum atomic E-state index is 11.6. The molecule has 0 atom stereocenters. The van der Waals surface area contributed by atoms with E-state index < -0.39 is 12.3 Å². The minimum absolute atomic E-state index is 0.0236. The van der Waals surface area contributed by atoms with Crippen LogP contribution in [0.5, 0.6) is 11.5 Å². The molecule has 4 rings (SSSR count). The van der Waals surface area contributed by atoms with Crippen molar-refractivity contribution >= 4 is 22.8 Å². The highest BCUT2D eigenvalue weighted by Gasteiger charge is 2.15. The van der Waals surface area contributed by atoms with E-state index in [1.54, 1.807) is 18.3 Å². The smallest absolute Gasteiger partial charge is 0.416 e. The summed E-state index contributed by atoms with van der Waals surface area (Å²) in [5.74, 6) is 1.37. The molecule has 0 saturated carbocycles. The first-order valence-electron chi connectivity index (χ1n) is 9.41. The molecule has 25 heavy (non-hydrogen) atoms. The van der Waals surface area contributed by atoms with Crippen LogP contribution in [0.2, 0.25) is 0 Å². The van der Waals surface area contributed by atoms with Crippen molar-refractivity contribution < 1.29 is 18.8 Å². The highest BCUT2D eigenvalue weighted by molar-refractivity contribution is 5.93. The molecule has 0 unspecified atom stereocenters. The van der Waals surface area contributed by atoms with Gasteiger partial charge in [-0.15, -0.1) is 0 Å². The van der Waals surface area contributed by atoms with Crippen LogP contribution in [0.25, 0.3) is 10.9 Å². The van der Waals surface area contributed by atoms with Gasteiger partial charge in [0.05, 0.1) is 4.11 Å². The molecule has 0 spiro atoms. The number of carboxylic acid groups (broad SMARTS) is 1. The van der Waals surface area contributed by atoms with E-state index in [9.17, 15) is 9.90 Å². The summed E-state index contributed by atoms with van der Waals surface area (Å²) in [5.41, 5.74) is 0.0236. The van der Waals surface area contributed by atoms with Gasteiger partial charge in [-0.1, -0.05) is 12.1 Å². The number of para-hydroxylation sites is 1. The lowest BCUT2D eigenvalue weighted by Crippen LogP contribution is -2.43. The molecule has 7 heteroatoms. The number of benzene rings is 1. The van der Waals surface area contributed by atoms with Crippen LogP contribution in [-0.2, 0) is 0 Å². The molecular weight excluding hydrogens is 320 g/mol. The molecule has 0 aliphatic carbocycles. The van der Waals surface area contributed by atoms with Crippen LogP contribution in [0.3, 0.4) is 0 Å². The number of carbonyl (C=O) groups is 1. The predicted octanol–water partition coefficient (Wildman–Crippen LogP) is 2.76. The van der Waals surface area contributed by atoms with Crippen LogP contribution in [0.15, 0.2) is 48.7 Å². The first kappa shape index (κ1) is 12.3. The van der Waals surface area contributed by atoms with Gasteiger partial charge in [0.15, 0.2) is 5.75 Å². The standard InChI is InChI=1S/C18H18N4O3/c23-18(24)22-9-5-13-2-1-3-15(17(13)22)25-14-4-6-20-16(12-14)21-10-7-19-8-11-21/h1-6,9,12,19H,7-8,10-11H2,(H,23,24)/i2D,5D,9D. The third kappa shape index (κ3) is 3.01. The first-order chi connectivity index (χ1) is 13.5. The van der Waals surface area contributed by atoms with Crippen LogP contribution in [0.1, 0.15) is 4.11 Å². The summed E-state index contributed by atoms with van der Waals surface area (Å²) in [4.78, 5) is 18.1. The van der Waals surface area contributed by atoms with Crippen molar-refractivity contribution in [1.29, 1.82) is 0 Å². The van der Waals surface area contributed by atoms with E-state index in [1.165, 1.54) is 12.1 Å². The van der Waals surface area contributed by atoms with E-state index in [0.717, 1.165) is 32.0 Å². The zero-order chi connectivity index (χ0) is 19.8. The van der Waals surface area contributed by atoms with Gasteiger partial charge in [-0.3, -0.25) is 0 Å². The highest BCUT2D eigenvalue weighted by Crippen LogP contribution is 2.31. The zero-order valence-electron chi connectivity index (χ0n) is 16.3. The van der Waals surface area contributed by atoms with Crippen molar-refractivity contribution in [1.82, 2.24) is 14.9 Å². The molecule has 1 saturated heterocycles. The second-order valence-corrected chi connectivity index (χ2v) is 5.61. The van der Waals surface area contributed by atoms with Crippen LogP contribution in [0.4, 0.5) is 10.6 Å². The zero-order valence-corrected chi connectivity index (χ0v) is 13.3. The summed E-state index contributed by atoms with van der Waals surface area (Å²) in [5, 5.41) is 12.8. The Hall–Kier alpha value is -3.06. The number of hydrogen-bond acceptors (Lipinski definition) is 5.